The zero-order valence-electron chi connectivity index (χ0n) is 11.5. The smallest absolute Gasteiger partial charge is 0.316 e. The average Bonchev–Trinajstić information content (AvgIpc) is 2.39. The van der Waals surface area contributed by atoms with E-state index in [1.807, 2.05) is 18.2 Å². The maximum absolute atomic E-state index is 11.3. The highest BCUT2D eigenvalue weighted by Gasteiger charge is 2.03. The number of rotatable bonds is 6. The van der Waals surface area contributed by atoms with Crippen LogP contribution in [-0.2, 0) is 6.54 Å². The molecule has 1 aromatic carbocycles. The van der Waals surface area contributed by atoms with Gasteiger partial charge in [0.25, 0.3) is 0 Å². The van der Waals surface area contributed by atoms with Crippen molar-refractivity contribution in [3.05, 3.63) is 28.2 Å². The van der Waals surface area contributed by atoms with Gasteiger partial charge in [-0.2, -0.15) is 0 Å². The van der Waals surface area contributed by atoms with Crippen molar-refractivity contribution >= 4 is 22.0 Å². The Morgan fingerprint density at radius 3 is 2.74 bits per heavy atom. The summed E-state index contributed by atoms with van der Waals surface area (Å²) in [5, 5.41) is 6.06. The number of hydrogen-bond acceptors (Lipinski definition) is 3. The van der Waals surface area contributed by atoms with Gasteiger partial charge < -0.3 is 20.3 Å². The van der Waals surface area contributed by atoms with Gasteiger partial charge in [0.15, 0.2) is 0 Å². The number of amides is 2. The number of nitrogens with one attached hydrogen (secondary N) is 2. The fourth-order valence-electron chi connectivity index (χ4n) is 1.45. The number of hydrogen-bond donors (Lipinski definition) is 2. The van der Waals surface area contributed by atoms with Crippen LogP contribution in [0, 0.1) is 0 Å². The summed E-state index contributed by atoms with van der Waals surface area (Å²) in [6.07, 6.45) is 0. The molecule has 0 saturated carbocycles. The lowest BCUT2D eigenvalue weighted by Gasteiger charge is -2.12. The van der Waals surface area contributed by atoms with E-state index in [-0.39, 0.29) is 6.03 Å². The molecule has 1 aromatic rings. The Labute approximate surface area is 122 Å². The monoisotopic (exact) mass is 329 g/mol. The molecule has 0 fully saturated rings. The molecule has 0 aliphatic heterocycles. The number of carbonyl (C=O) groups excluding carboxylic acids is 1. The van der Waals surface area contributed by atoms with Gasteiger partial charge in [0, 0.05) is 38.2 Å². The molecule has 0 unspecified atom stereocenters. The van der Waals surface area contributed by atoms with Crippen LogP contribution in [0.25, 0.3) is 0 Å². The van der Waals surface area contributed by atoms with Crippen molar-refractivity contribution in [3.63, 3.8) is 0 Å². The van der Waals surface area contributed by atoms with Crippen LogP contribution in [0.3, 0.4) is 0 Å². The summed E-state index contributed by atoms with van der Waals surface area (Å²) in [7, 11) is 5.09. The summed E-state index contributed by atoms with van der Waals surface area (Å²) >= 11 is 3.50. The Morgan fingerprint density at radius 2 is 2.11 bits per heavy atom. The van der Waals surface area contributed by atoms with Gasteiger partial charge in [0.1, 0.15) is 5.75 Å². The van der Waals surface area contributed by atoms with Crippen LogP contribution >= 0.6 is 15.9 Å². The summed E-state index contributed by atoms with van der Waals surface area (Å²) < 4.78 is 6.22. The third kappa shape index (κ3) is 5.48. The first kappa shape index (κ1) is 15.8. The number of urea groups is 1. The van der Waals surface area contributed by atoms with Gasteiger partial charge >= 0.3 is 6.03 Å². The molecule has 5 nitrogen and oxygen atoms in total. The van der Waals surface area contributed by atoms with Crippen molar-refractivity contribution in [2.45, 2.75) is 6.54 Å². The molecular weight excluding hydrogens is 310 g/mol. The van der Waals surface area contributed by atoms with E-state index in [1.54, 1.807) is 21.2 Å². The fourth-order valence-corrected chi connectivity index (χ4v) is 1.84. The van der Waals surface area contributed by atoms with Crippen LogP contribution in [0.5, 0.6) is 5.75 Å². The molecule has 19 heavy (non-hydrogen) atoms. The average molecular weight is 330 g/mol. The Kier molecular flexibility index (Phi) is 6.66. The summed E-state index contributed by atoms with van der Waals surface area (Å²) in [4.78, 5) is 12.8. The first-order valence-electron chi connectivity index (χ1n) is 6.03. The standard InChI is InChI=1S/C13H20BrN3O2/c1-17(2)13(18)16-7-6-15-9-10-8-11(19-3)4-5-12(10)14/h4-5,8,15H,6-7,9H2,1-3H3,(H,16,18). The summed E-state index contributed by atoms with van der Waals surface area (Å²) in [5.74, 6) is 0.834. The first-order valence-corrected chi connectivity index (χ1v) is 6.82. The predicted octanol–water partition coefficient (Wildman–Crippen LogP) is 1.82. The van der Waals surface area contributed by atoms with Gasteiger partial charge in [-0.1, -0.05) is 15.9 Å². The van der Waals surface area contributed by atoms with E-state index in [4.69, 9.17) is 4.74 Å². The molecule has 0 bridgehead atoms. The van der Waals surface area contributed by atoms with E-state index >= 15 is 0 Å². The van der Waals surface area contributed by atoms with Crippen LogP contribution in [0.1, 0.15) is 5.56 Å². The zero-order chi connectivity index (χ0) is 14.3. The maximum Gasteiger partial charge on any atom is 0.316 e. The molecule has 0 saturated heterocycles. The van der Waals surface area contributed by atoms with Crippen molar-refractivity contribution < 1.29 is 9.53 Å². The predicted molar refractivity (Wildman–Crippen MR) is 79.5 cm³/mol. The lowest BCUT2D eigenvalue weighted by Crippen LogP contribution is -2.38. The zero-order valence-corrected chi connectivity index (χ0v) is 13.1. The number of methoxy groups -OCH3 is 1. The van der Waals surface area contributed by atoms with Gasteiger partial charge in [-0.25, -0.2) is 4.79 Å². The summed E-state index contributed by atoms with van der Waals surface area (Å²) in [6, 6.07) is 5.77. The first-order chi connectivity index (χ1) is 9.04. The molecule has 0 heterocycles. The largest absolute Gasteiger partial charge is 0.497 e. The highest BCUT2D eigenvalue weighted by molar-refractivity contribution is 9.10. The Bertz CT molecular complexity index is 424. The maximum atomic E-state index is 11.3. The number of nitrogens with zero attached hydrogens (tertiary/aromatic N) is 1. The molecule has 106 valence electrons. The minimum Gasteiger partial charge on any atom is -0.497 e. The molecule has 1 rings (SSSR count). The number of ether oxygens (including phenoxy) is 1. The quantitative estimate of drug-likeness (QED) is 0.783. The minimum atomic E-state index is -0.0793. The highest BCUT2D eigenvalue weighted by Crippen LogP contribution is 2.22. The van der Waals surface area contributed by atoms with Crippen molar-refractivity contribution in [2.75, 3.05) is 34.3 Å². The van der Waals surface area contributed by atoms with Crippen LogP contribution in [0.2, 0.25) is 0 Å². The van der Waals surface area contributed by atoms with Gasteiger partial charge in [-0.3, -0.25) is 0 Å². The normalized spacial score (nSPS) is 10.1. The summed E-state index contributed by atoms with van der Waals surface area (Å²) in [6.45, 7) is 2.03. The van der Waals surface area contributed by atoms with Crippen LogP contribution < -0.4 is 15.4 Å². The van der Waals surface area contributed by atoms with E-state index in [2.05, 4.69) is 26.6 Å². The van der Waals surface area contributed by atoms with Gasteiger partial charge in [-0.05, 0) is 23.8 Å². The third-order valence-corrected chi connectivity index (χ3v) is 3.33. The minimum absolute atomic E-state index is 0.0793. The van der Waals surface area contributed by atoms with Gasteiger partial charge in [0.05, 0.1) is 7.11 Å². The molecule has 0 radical (unpaired) electrons. The van der Waals surface area contributed by atoms with Crippen LogP contribution in [-0.4, -0.2) is 45.2 Å². The van der Waals surface area contributed by atoms with Crippen molar-refractivity contribution in [1.29, 1.82) is 0 Å². The Hall–Kier alpha value is -1.27. The second kappa shape index (κ2) is 8.01. The molecule has 0 spiro atoms. The molecule has 0 aliphatic rings. The van der Waals surface area contributed by atoms with E-state index in [0.717, 1.165) is 22.3 Å². The molecule has 0 atom stereocenters. The van der Waals surface area contributed by atoms with Crippen molar-refractivity contribution in [2.24, 2.45) is 0 Å². The summed E-state index contributed by atoms with van der Waals surface area (Å²) in [5.41, 5.74) is 1.12. The number of halogens is 1. The van der Waals surface area contributed by atoms with E-state index in [0.29, 0.717) is 13.1 Å². The Balaban J connectivity index is 2.31. The van der Waals surface area contributed by atoms with Crippen LogP contribution in [0.4, 0.5) is 4.79 Å². The molecule has 2 amide bonds. The highest BCUT2D eigenvalue weighted by atomic mass is 79.9. The SMILES string of the molecule is COc1ccc(Br)c(CNCCNC(=O)N(C)C)c1. The van der Waals surface area contributed by atoms with E-state index < -0.39 is 0 Å². The van der Waals surface area contributed by atoms with Crippen molar-refractivity contribution in [1.82, 2.24) is 15.5 Å². The number of carbonyl (C=O) groups is 1. The van der Waals surface area contributed by atoms with E-state index in [9.17, 15) is 4.79 Å². The van der Waals surface area contributed by atoms with Gasteiger partial charge in [0.2, 0.25) is 0 Å². The van der Waals surface area contributed by atoms with Crippen LogP contribution in [0.15, 0.2) is 22.7 Å². The molecule has 0 aliphatic carbocycles. The fraction of sp³-hybridized carbons (Fsp3) is 0.462. The van der Waals surface area contributed by atoms with Gasteiger partial charge in [-0.15, -0.1) is 0 Å². The Morgan fingerprint density at radius 1 is 1.37 bits per heavy atom. The third-order valence-electron chi connectivity index (χ3n) is 2.55. The van der Waals surface area contributed by atoms with E-state index in [1.165, 1.54) is 4.90 Å². The lowest BCUT2D eigenvalue weighted by molar-refractivity contribution is 0.217. The lowest BCUT2D eigenvalue weighted by atomic mass is 10.2. The molecule has 6 heteroatoms. The second-order valence-electron chi connectivity index (χ2n) is 4.26. The second-order valence-corrected chi connectivity index (χ2v) is 5.11. The number of benzene rings is 1. The molecule has 2 N–H and O–H groups in total. The molecular formula is C13H20BrN3O2. The molecule has 0 aromatic heterocycles. The topological polar surface area (TPSA) is 53.6 Å². The van der Waals surface area contributed by atoms with Crippen molar-refractivity contribution in [3.8, 4) is 5.75 Å².